The average molecular weight is 265 g/mol. The number of hydrogen-bond acceptors (Lipinski definition) is 4. The normalized spacial score (nSPS) is 20.8. The van der Waals surface area contributed by atoms with Gasteiger partial charge in [0.25, 0.3) is 0 Å². The van der Waals surface area contributed by atoms with Crippen LogP contribution in [0.5, 0.6) is 0 Å². The molecule has 2 rings (SSSR count). The lowest BCUT2D eigenvalue weighted by atomic mass is 10.1. The van der Waals surface area contributed by atoms with Crippen LogP contribution in [0.2, 0.25) is 0 Å². The molecule has 1 fully saturated rings. The summed E-state index contributed by atoms with van der Waals surface area (Å²) in [6.07, 6.45) is 0.536. The quantitative estimate of drug-likeness (QED) is 0.605. The van der Waals surface area contributed by atoms with E-state index in [-0.39, 0.29) is 11.8 Å². The number of ether oxygens (including phenoxy) is 1. The molecule has 0 bridgehead atoms. The van der Waals surface area contributed by atoms with Crippen LogP contribution in [0, 0.1) is 0 Å². The Hall–Kier alpha value is -0.970. The molecule has 0 aromatic carbocycles. The van der Waals surface area contributed by atoms with Gasteiger partial charge in [0.2, 0.25) is 0 Å². The Balaban J connectivity index is 1.97. The van der Waals surface area contributed by atoms with Crippen LogP contribution in [-0.2, 0) is 4.74 Å². The summed E-state index contributed by atoms with van der Waals surface area (Å²) in [6.45, 7) is 9.10. The topological polar surface area (TPSA) is 29.5 Å². The second kappa shape index (κ2) is 6.27. The Morgan fingerprint density at radius 2 is 2.50 bits per heavy atom. The van der Waals surface area contributed by atoms with Gasteiger partial charge in [-0.2, -0.15) is 0 Å². The molecule has 3 nitrogen and oxygen atoms in total. The lowest BCUT2D eigenvalue weighted by Gasteiger charge is -2.35. The fourth-order valence-electron chi connectivity index (χ4n) is 2.18. The SMILES string of the molecule is C=C(C)CN1CCOC[C@H]1CC(=O)c1cccs1. The molecule has 98 valence electrons. The van der Waals surface area contributed by atoms with Crippen molar-refractivity contribution in [1.29, 1.82) is 0 Å². The van der Waals surface area contributed by atoms with Crippen LogP contribution in [0.4, 0.5) is 0 Å². The van der Waals surface area contributed by atoms with Crippen molar-refractivity contribution in [3.8, 4) is 0 Å². The van der Waals surface area contributed by atoms with Gasteiger partial charge in [-0.25, -0.2) is 0 Å². The van der Waals surface area contributed by atoms with Gasteiger partial charge in [-0.3, -0.25) is 9.69 Å². The Bertz CT molecular complexity index is 413. The van der Waals surface area contributed by atoms with Gasteiger partial charge < -0.3 is 4.74 Å². The molecule has 1 aromatic rings. The number of thiophene rings is 1. The van der Waals surface area contributed by atoms with Crippen LogP contribution >= 0.6 is 11.3 Å². The summed E-state index contributed by atoms with van der Waals surface area (Å²) in [6, 6.07) is 3.99. The first kappa shape index (κ1) is 13.5. The first-order chi connectivity index (χ1) is 8.66. The molecule has 0 N–H and O–H groups in total. The third kappa shape index (κ3) is 3.51. The van der Waals surface area contributed by atoms with Crippen LogP contribution in [0.1, 0.15) is 23.0 Å². The lowest BCUT2D eigenvalue weighted by molar-refractivity contribution is -0.00403. The molecule has 0 radical (unpaired) electrons. The van der Waals surface area contributed by atoms with Crippen LogP contribution < -0.4 is 0 Å². The molecule has 1 atom stereocenters. The molecule has 0 saturated carbocycles. The molecule has 0 spiro atoms. The number of carbonyl (C=O) groups excluding carboxylic acids is 1. The first-order valence-electron chi connectivity index (χ1n) is 6.19. The fourth-order valence-corrected chi connectivity index (χ4v) is 2.86. The number of nitrogens with zero attached hydrogens (tertiary/aromatic N) is 1. The summed E-state index contributed by atoms with van der Waals surface area (Å²) >= 11 is 1.51. The van der Waals surface area contributed by atoms with Crippen molar-refractivity contribution in [3.63, 3.8) is 0 Å². The largest absolute Gasteiger partial charge is 0.378 e. The van der Waals surface area contributed by atoms with E-state index in [2.05, 4.69) is 11.5 Å². The maximum Gasteiger partial charge on any atom is 0.174 e. The standard InChI is InChI=1S/C14H19NO2S/c1-11(2)9-15-5-6-17-10-12(15)8-13(16)14-4-3-7-18-14/h3-4,7,12H,1,5-6,8-10H2,2H3/t12-/m1/s1. The monoisotopic (exact) mass is 265 g/mol. The highest BCUT2D eigenvalue weighted by Gasteiger charge is 2.25. The van der Waals surface area contributed by atoms with Gasteiger partial charge in [-0.1, -0.05) is 18.2 Å². The molecule has 1 aliphatic heterocycles. The van der Waals surface area contributed by atoms with Crippen molar-refractivity contribution in [2.45, 2.75) is 19.4 Å². The number of hydrogen-bond donors (Lipinski definition) is 0. The summed E-state index contributed by atoms with van der Waals surface area (Å²) in [5.41, 5.74) is 1.13. The summed E-state index contributed by atoms with van der Waals surface area (Å²) in [5.74, 6) is 0.215. The molecule has 1 aromatic heterocycles. The van der Waals surface area contributed by atoms with Crippen molar-refractivity contribution in [3.05, 3.63) is 34.5 Å². The number of Topliss-reactive ketones (excluding diaryl/α,β-unsaturated/α-hetero) is 1. The van der Waals surface area contributed by atoms with Gasteiger partial charge in [0, 0.05) is 25.6 Å². The third-order valence-corrected chi connectivity index (χ3v) is 3.95. The molecule has 1 aliphatic rings. The Morgan fingerprint density at radius 3 is 3.17 bits per heavy atom. The average Bonchev–Trinajstić information content (AvgIpc) is 2.84. The van der Waals surface area contributed by atoms with Gasteiger partial charge in [0.1, 0.15) is 0 Å². The zero-order valence-corrected chi connectivity index (χ0v) is 11.5. The highest BCUT2D eigenvalue weighted by molar-refractivity contribution is 7.12. The van der Waals surface area contributed by atoms with E-state index >= 15 is 0 Å². The molecule has 0 amide bonds. The summed E-state index contributed by atoms with van der Waals surface area (Å²) in [4.78, 5) is 15.3. The van der Waals surface area contributed by atoms with E-state index in [1.807, 2.05) is 24.4 Å². The van der Waals surface area contributed by atoms with Gasteiger partial charge in [0.15, 0.2) is 5.78 Å². The van der Waals surface area contributed by atoms with Crippen molar-refractivity contribution in [2.24, 2.45) is 0 Å². The second-order valence-corrected chi connectivity index (χ2v) is 5.71. The molecule has 18 heavy (non-hydrogen) atoms. The molecule has 2 heterocycles. The highest BCUT2D eigenvalue weighted by Crippen LogP contribution is 2.17. The predicted octanol–water partition coefficient (Wildman–Crippen LogP) is 2.60. The smallest absolute Gasteiger partial charge is 0.174 e. The van der Waals surface area contributed by atoms with E-state index in [9.17, 15) is 4.79 Å². The van der Waals surface area contributed by atoms with Crippen molar-refractivity contribution >= 4 is 17.1 Å². The molecular weight excluding hydrogens is 246 g/mol. The molecular formula is C14H19NO2S. The minimum Gasteiger partial charge on any atom is -0.378 e. The van der Waals surface area contributed by atoms with Gasteiger partial charge in [0.05, 0.1) is 18.1 Å². The van der Waals surface area contributed by atoms with Gasteiger partial charge in [-0.05, 0) is 18.4 Å². The third-order valence-electron chi connectivity index (χ3n) is 3.04. The fraction of sp³-hybridized carbons (Fsp3) is 0.500. The van der Waals surface area contributed by atoms with Gasteiger partial charge in [-0.15, -0.1) is 11.3 Å². The van der Waals surface area contributed by atoms with E-state index in [1.54, 1.807) is 0 Å². The zero-order valence-electron chi connectivity index (χ0n) is 10.7. The Kier molecular flexibility index (Phi) is 4.69. The number of morpholine rings is 1. The van der Waals surface area contributed by atoms with Crippen LogP contribution in [0.25, 0.3) is 0 Å². The van der Waals surface area contributed by atoms with E-state index in [1.165, 1.54) is 11.3 Å². The number of carbonyl (C=O) groups is 1. The lowest BCUT2D eigenvalue weighted by Crippen LogP contribution is -2.46. The van der Waals surface area contributed by atoms with Gasteiger partial charge >= 0.3 is 0 Å². The molecule has 0 aliphatic carbocycles. The number of ketones is 1. The Labute approximate surface area is 112 Å². The molecule has 0 unspecified atom stereocenters. The van der Waals surface area contributed by atoms with Crippen LogP contribution in [-0.4, -0.2) is 43.0 Å². The van der Waals surface area contributed by atoms with Crippen LogP contribution in [0.15, 0.2) is 29.7 Å². The minimum atomic E-state index is 0.185. The van der Waals surface area contributed by atoms with E-state index in [0.717, 1.165) is 30.1 Å². The van der Waals surface area contributed by atoms with E-state index in [4.69, 9.17) is 4.74 Å². The predicted molar refractivity (Wildman–Crippen MR) is 74.3 cm³/mol. The maximum atomic E-state index is 12.1. The Morgan fingerprint density at radius 1 is 1.67 bits per heavy atom. The molecule has 4 heteroatoms. The van der Waals surface area contributed by atoms with E-state index in [0.29, 0.717) is 13.0 Å². The highest BCUT2D eigenvalue weighted by atomic mass is 32.1. The molecule has 1 saturated heterocycles. The summed E-state index contributed by atoms with van der Waals surface area (Å²) < 4.78 is 5.49. The summed E-state index contributed by atoms with van der Waals surface area (Å²) in [7, 11) is 0. The first-order valence-corrected chi connectivity index (χ1v) is 7.07. The second-order valence-electron chi connectivity index (χ2n) is 4.76. The van der Waals surface area contributed by atoms with E-state index < -0.39 is 0 Å². The van der Waals surface area contributed by atoms with Crippen molar-refractivity contribution in [1.82, 2.24) is 4.90 Å². The zero-order chi connectivity index (χ0) is 13.0. The number of rotatable bonds is 5. The minimum absolute atomic E-state index is 0.185. The van der Waals surface area contributed by atoms with Crippen molar-refractivity contribution < 1.29 is 9.53 Å². The van der Waals surface area contributed by atoms with Crippen LogP contribution in [0.3, 0.4) is 0 Å². The summed E-state index contributed by atoms with van der Waals surface area (Å²) in [5, 5.41) is 1.94. The van der Waals surface area contributed by atoms with Crippen molar-refractivity contribution in [2.75, 3.05) is 26.3 Å². The maximum absolute atomic E-state index is 12.1.